The van der Waals surface area contributed by atoms with Crippen molar-refractivity contribution < 1.29 is 13.9 Å². The van der Waals surface area contributed by atoms with Crippen LogP contribution < -0.4 is 0 Å². The van der Waals surface area contributed by atoms with Crippen molar-refractivity contribution in [2.24, 2.45) is 0 Å². The zero-order chi connectivity index (χ0) is 12.1. The van der Waals surface area contributed by atoms with E-state index in [4.69, 9.17) is 16.3 Å². The van der Waals surface area contributed by atoms with Gasteiger partial charge in [-0.1, -0.05) is 17.2 Å². The van der Waals surface area contributed by atoms with Gasteiger partial charge in [0.25, 0.3) is 0 Å². The summed E-state index contributed by atoms with van der Waals surface area (Å²) >= 11 is 5.86. The van der Waals surface area contributed by atoms with Crippen molar-refractivity contribution in [2.45, 2.75) is 39.2 Å². The molecule has 1 radical (unpaired) electrons. The average molecular weight is 246 g/mol. The normalized spacial score (nSPS) is 16.4. The molecule has 0 aromatic carbocycles. The van der Waals surface area contributed by atoms with Crippen molar-refractivity contribution in [2.75, 3.05) is 0 Å². The van der Waals surface area contributed by atoms with Crippen molar-refractivity contribution in [3.63, 3.8) is 0 Å². The standard InChI is InChI=1S/C12H15ClFO2/c1-8(2)16-12(15)6-4-9-3-5-10(14)7-11(9)13/h5,7-8H,3-4,6H2,1-2H3. The first-order valence-electron chi connectivity index (χ1n) is 5.26. The first-order chi connectivity index (χ1) is 7.49. The topological polar surface area (TPSA) is 26.3 Å². The molecular formula is C12H15ClFO2. The van der Waals surface area contributed by atoms with Crippen LogP contribution in [0, 0.1) is 6.42 Å². The fraction of sp³-hybridized carbons (Fsp3) is 0.500. The Labute approximate surface area is 100 Å². The summed E-state index contributed by atoms with van der Waals surface area (Å²) < 4.78 is 17.8. The first kappa shape index (κ1) is 13.2. The predicted molar refractivity (Wildman–Crippen MR) is 61.4 cm³/mol. The Morgan fingerprint density at radius 3 is 2.88 bits per heavy atom. The third-order valence-corrected chi connectivity index (χ3v) is 2.52. The molecule has 0 aliphatic heterocycles. The molecule has 4 heteroatoms. The Hall–Kier alpha value is -0.830. The van der Waals surface area contributed by atoms with Crippen LogP contribution in [0.2, 0.25) is 0 Å². The maximum absolute atomic E-state index is 12.8. The number of hydrogen-bond donors (Lipinski definition) is 0. The molecule has 0 aromatic rings. The summed E-state index contributed by atoms with van der Waals surface area (Å²) in [7, 11) is 0. The highest BCUT2D eigenvalue weighted by molar-refractivity contribution is 6.31. The van der Waals surface area contributed by atoms with Gasteiger partial charge in [-0.15, -0.1) is 0 Å². The molecule has 0 N–H and O–H groups in total. The van der Waals surface area contributed by atoms with Crippen LogP contribution in [0.25, 0.3) is 0 Å². The van der Waals surface area contributed by atoms with E-state index in [2.05, 4.69) is 0 Å². The molecule has 16 heavy (non-hydrogen) atoms. The van der Waals surface area contributed by atoms with Crippen molar-refractivity contribution in [3.8, 4) is 0 Å². The molecule has 0 unspecified atom stereocenters. The quantitative estimate of drug-likeness (QED) is 0.707. The number of halogens is 2. The molecule has 0 atom stereocenters. The zero-order valence-electron chi connectivity index (χ0n) is 9.43. The molecule has 0 aromatic heterocycles. The van der Waals surface area contributed by atoms with Crippen LogP contribution in [0.5, 0.6) is 0 Å². The molecule has 1 rings (SSSR count). The van der Waals surface area contributed by atoms with Gasteiger partial charge in [-0.25, -0.2) is 4.39 Å². The van der Waals surface area contributed by atoms with Gasteiger partial charge in [0, 0.05) is 17.9 Å². The molecule has 0 saturated heterocycles. The molecule has 89 valence electrons. The number of esters is 1. The van der Waals surface area contributed by atoms with Gasteiger partial charge in [0.2, 0.25) is 0 Å². The number of allylic oxidation sites excluding steroid dienone is 4. The lowest BCUT2D eigenvalue weighted by Crippen LogP contribution is -2.11. The van der Waals surface area contributed by atoms with E-state index in [9.17, 15) is 9.18 Å². The molecule has 1 aliphatic carbocycles. The first-order valence-corrected chi connectivity index (χ1v) is 5.64. The van der Waals surface area contributed by atoms with E-state index in [0.29, 0.717) is 17.9 Å². The highest BCUT2D eigenvalue weighted by atomic mass is 35.5. The van der Waals surface area contributed by atoms with Gasteiger partial charge in [-0.2, -0.15) is 0 Å². The second-order valence-corrected chi connectivity index (χ2v) is 4.33. The second-order valence-electron chi connectivity index (χ2n) is 3.93. The molecule has 0 saturated carbocycles. The predicted octanol–water partition coefficient (Wildman–Crippen LogP) is 3.67. The Morgan fingerprint density at radius 1 is 1.62 bits per heavy atom. The number of carbonyl (C=O) groups excluding carboxylic acids is 1. The summed E-state index contributed by atoms with van der Waals surface area (Å²) in [5.74, 6) is -0.569. The molecule has 0 amide bonds. The maximum Gasteiger partial charge on any atom is 0.306 e. The third-order valence-electron chi connectivity index (χ3n) is 2.14. The van der Waals surface area contributed by atoms with Crippen LogP contribution in [-0.4, -0.2) is 12.1 Å². The molecule has 0 heterocycles. The van der Waals surface area contributed by atoms with E-state index < -0.39 is 0 Å². The van der Waals surface area contributed by atoms with Crippen LogP contribution >= 0.6 is 11.6 Å². The Morgan fingerprint density at radius 2 is 2.31 bits per heavy atom. The molecule has 0 spiro atoms. The number of carbonyl (C=O) groups is 1. The van der Waals surface area contributed by atoms with Crippen LogP contribution in [0.15, 0.2) is 22.5 Å². The van der Waals surface area contributed by atoms with E-state index in [1.54, 1.807) is 13.8 Å². The van der Waals surface area contributed by atoms with E-state index in [1.165, 1.54) is 12.5 Å². The monoisotopic (exact) mass is 245 g/mol. The van der Waals surface area contributed by atoms with Crippen LogP contribution in [-0.2, 0) is 9.53 Å². The fourth-order valence-electron chi connectivity index (χ4n) is 1.40. The second kappa shape index (κ2) is 6.04. The summed E-state index contributed by atoms with van der Waals surface area (Å²) in [6.07, 6.45) is 3.89. The highest BCUT2D eigenvalue weighted by Gasteiger charge is 2.14. The minimum absolute atomic E-state index is 0.104. The zero-order valence-corrected chi connectivity index (χ0v) is 10.2. The lowest BCUT2D eigenvalue weighted by atomic mass is 10.00. The van der Waals surface area contributed by atoms with Gasteiger partial charge in [-0.05, 0) is 32.8 Å². The van der Waals surface area contributed by atoms with Gasteiger partial charge in [0.05, 0.1) is 6.10 Å². The third kappa shape index (κ3) is 4.35. The van der Waals surface area contributed by atoms with Crippen molar-refractivity contribution in [3.05, 3.63) is 28.9 Å². The van der Waals surface area contributed by atoms with E-state index >= 15 is 0 Å². The van der Waals surface area contributed by atoms with E-state index in [-0.39, 0.29) is 24.3 Å². The molecule has 2 nitrogen and oxygen atoms in total. The minimum Gasteiger partial charge on any atom is -0.463 e. The number of ether oxygens (including phenoxy) is 1. The smallest absolute Gasteiger partial charge is 0.306 e. The average Bonchev–Trinajstić information content (AvgIpc) is 2.15. The molecular weight excluding hydrogens is 231 g/mol. The highest BCUT2D eigenvalue weighted by Crippen LogP contribution is 2.29. The van der Waals surface area contributed by atoms with Crippen molar-refractivity contribution in [1.82, 2.24) is 0 Å². The molecule has 0 fully saturated rings. The summed E-state index contributed by atoms with van der Waals surface area (Å²) in [4.78, 5) is 11.3. The Kier molecular flexibility index (Phi) is 5.00. The van der Waals surface area contributed by atoms with Gasteiger partial charge in [-0.3, -0.25) is 4.79 Å². The van der Waals surface area contributed by atoms with Crippen molar-refractivity contribution >= 4 is 17.6 Å². The van der Waals surface area contributed by atoms with Gasteiger partial charge >= 0.3 is 5.97 Å². The van der Waals surface area contributed by atoms with Gasteiger partial charge < -0.3 is 4.74 Å². The lowest BCUT2D eigenvalue weighted by molar-refractivity contribution is -0.147. The SMILES string of the molecule is CC(C)OC(=O)CCC1=C(Cl)C=C(F)[CH]C1. The fourth-order valence-corrected chi connectivity index (χ4v) is 1.67. The van der Waals surface area contributed by atoms with Crippen LogP contribution in [0.4, 0.5) is 4.39 Å². The summed E-state index contributed by atoms with van der Waals surface area (Å²) in [5.41, 5.74) is 0.878. The number of hydrogen-bond acceptors (Lipinski definition) is 2. The molecule has 1 aliphatic rings. The molecule has 0 bridgehead atoms. The minimum atomic E-state index is -0.321. The van der Waals surface area contributed by atoms with Gasteiger partial charge in [0.1, 0.15) is 5.83 Å². The van der Waals surface area contributed by atoms with Crippen LogP contribution in [0.3, 0.4) is 0 Å². The lowest BCUT2D eigenvalue weighted by Gasteiger charge is -2.13. The maximum atomic E-state index is 12.8. The summed E-state index contributed by atoms with van der Waals surface area (Å²) in [6, 6.07) is 0. The Balaban J connectivity index is 2.44. The van der Waals surface area contributed by atoms with Crippen molar-refractivity contribution in [1.29, 1.82) is 0 Å². The largest absolute Gasteiger partial charge is 0.463 e. The van der Waals surface area contributed by atoms with E-state index in [1.807, 2.05) is 0 Å². The van der Waals surface area contributed by atoms with Crippen LogP contribution in [0.1, 0.15) is 33.1 Å². The van der Waals surface area contributed by atoms with Gasteiger partial charge in [0.15, 0.2) is 0 Å². The summed E-state index contributed by atoms with van der Waals surface area (Å²) in [6.45, 7) is 3.60. The summed E-state index contributed by atoms with van der Waals surface area (Å²) in [5, 5.41) is 0.400. The Bertz CT molecular complexity index is 332. The van der Waals surface area contributed by atoms with E-state index in [0.717, 1.165) is 5.57 Å². The number of rotatable bonds is 4.